The molecular formula is C3H4F3O. The van der Waals surface area contributed by atoms with Gasteiger partial charge in [-0.1, -0.05) is 0 Å². The minimum Gasteiger partial charge on any atom is -0.390 e. The molecule has 0 spiro atoms. The van der Waals surface area contributed by atoms with Crippen LogP contribution in [0.4, 0.5) is 13.2 Å². The molecule has 0 saturated heterocycles. The van der Waals surface area contributed by atoms with Gasteiger partial charge in [0.2, 0.25) is 0 Å². The Morgan fingerprint density at radius 1 is 1.43 bits per heavy atom. The van der Waals surface area contributed by atoms with Crippen molar-refractivity contribution in [1.82, 2.24) is 0 Å². The number of hydrogen-bond donors (Lipinski definition) is 1. The Balaban J connectivity index is 3.15. The van der Waals surface area contributed by atoms with E-state index < -0.39 is 12.6 Å². The molecule has 0 heterocycles. The summed E-state index contributed by atoms with van der Waals surface area (Å²) < 4.78 is 32.6. The Kier molecular flexibility index (Phi) is 2.08. The second-order valence-electron chi connectivity index (χ2n) is 1.00. The highest BCUT2D eigenvalue weighted by atomic mass is 19.4. The fraction of sp³-hybridized carbons (Fsp3) is 0.667. The molecule has 0 atom stereocenters. The zero-order valence-corrected chi connectivity index (χ0v) is 3.37. The molecule has 0 bridgehead atoms. The molecule has 0 saturated carbocycles. The number of hydrogen-bond acceptors (Lipinski definition) is 1. The van der Waals surface area contributed by atoms with E-state index in [2.05, 4.69) is 0 Å². The monoisotopic (exact) mass is 113 g/mol. The number of aliphatic hydroxyl groups is 1. The van der Waals surface area contributed by atoms with Crippen molar-refractivity contribution in [2.45, 2.75) is 12.6 Å². The van der Waals surface area contributed by atoms with Gasteiger partial charge in [0.25, 0.3) is 0 Å². The molecule has 0 aliphatic rings. The smallest absolute Gasteiger partial charge is 0.390 e. The summed E-state index contributed by atoms with van der Waals surface area (Å²) >= 11 is 0. The van der Waals surface area contributed by atoms with Gasteiger partial charge in [0.1, 0.15) is 0 Å². The van der Waals surface area contributed by atoms with Gasteiger partial charge in [0.15, 0.2) is 0 Å². The zero-order chi connectivity index (χ0) is 5.91. The SMILES string of the molecule is O[CH]CC(F)(F)F. The third kappa shape index (κ3) is 5.75. The fourth-order valence-corrected chi connectivity index (χ4v) is 0.104. The maximum absolute atomic E-state index is 10.9. The molecule has 4 heteroatoms. The van der Waals surface area contributed by atoms with Gasteiger partial charge < -0.3 is 5.11 Å². The van der Waals surface area contributed by atoms with E-state index in [0.717, 1.165) is 0 Å². The van der Waals surface area contributed by atoms with E-state index in [1.165, 1.54) is 0 Å². The lowest BCUT2D eigenvalue weighted by Gasteiger charge is -1.99. The van der Waals surface area contributed by atoms with E-state index in [9.17, 15) is 13.2 Å². The molecule has 0 aromatic rings. The van der Waals surface area contributed by atoms with Crippen LogP contribution >= 0.6 is 0 Å². The summed E-state index contributed by atoms with van der Waals surface area (Å²) in [4.78, 5) is 0. The molecule has 43 valence electrons. The third-order valence-electron chi connectivity index (χ3n) is 0.323. The molecule has 7 heavy (non-hydrogen) atoms. The summed E-state index contributed by atoms with van der Waals surface area (Å²) in [5.41, 5.74) is 0. The molecule has 0 amide bonds. The summed E-state index contributed by atoms with van der Waals surface area (Å²) in [6.07, 6.45) is -5.48. The van der Waals surface area contributed by atoms with E-state index in [-0.39, 0.29) is 6.61 Å². The van der Waals surface area contributed by atoms with Crippen molar-refractivity contribution < 1.29 is 18.3 Å². The summed E-state index contributed by atoms with van der Waals surface area (Å²) in [6, 6.07) is 0. The Morgan fingerprint density at radius 3 is 1.86 bits per heavy atom. The number of alkyl halides is 3. The highest BCUT2D eigenvalue weighted by Gasteiger charge is 2.25. The van der Waals surface area contributed by atoms with Crippen molar-refractivity contribution in [1.29, 1.82) is 0 Å². The average molecular weight is 113 g/mol. The normalized spacial score (nSPS) is 12.0. The predicted molar refractivity (Wildman–Crippen MR) is 16.9 cm³/mol. The van der Waals surface area contributed by atoms with Crippen molar-refractivity contribution in [3.63, 3.8) is 0 Å². The number of halogens is 3. The minimum atomic E-state index is -4.26. The topological polar surface area (TPSA) is 20.2 Å². The van der Waals surface area contributed by atoms with Crippen molar-refractivity contribution >= 4 is 0 Å². The lowest BCUT2D eigenvalue weighted by molar-refractivity contribution is -0.133. The summed E-state index contributed by atoms with van der Waals surface area (Å²) in [5.74, 6) is 0. The Labute approximate surface area is 38.8 Å². The van der Waals surface area contributed by atoms with Crippen LogP contribution in [0.15, 0.2) is 0 Å². The van der Waals surface area contributed by atoms with Crippen LogP contribution in [0.2, 0.25) is 0 Å². The molecule has 0 aromatic carbocycles. The van der Waals surface area contributed by atoms with E-state index in [1.54, 1.807) is 0 Å². The molecule has 0 aromatic heterocycles. The second-order valence-corrected chi connectivity index (χ2v) is 1.00. The molecule has 1 nitrogen and oxygen atoms in total. The zero-order valence-electron chi connectivity index (χ0n) is 3.37. The fourth-order valence-electron chi connectivity index (χ4n) is 0.104. The Hall–Kier alpha value is -0.250. The standard InChI is InChI=1S/C3H4F3O/c4-3(5,6)1-2-7/h2,7H,1H2. The van der Waals surface area contributed by atoms with Crippen LogP contribution in [0.25, 0.3) is 0 Å². The van der Waals surface area contributed by atoms with Gasteiger partial charge in [-0.2, -0.15) is 13.2 Å². The quantitative estimate of drug-likeness (QED) is 0.546. The predicted octanol–water partition coefficient (Wildman–Crippen LogP) is 1.47. The minimum absolute atomic E-state index is 0.0833. The van der Waals surface area contributed by atoms with Crippen LogP contribution in [-0.4, -0.2) is 11.3 Å². The lowest BCUT2D eigenvalue weighted by Crippen LogP contribution is -2.05. The van der Waals surface area contributed by atoms with Gasteiger partial charge in [0, 0.05) is 0 Å². The summed E-state index contributed by atoms with van der Waals surface area (Å²) in [7, 11) is 0. The lowest BCUT2D eigenvalue weighted by atomic mass is 10.5. The van der Waals surface area contributed by atoms with Gasteiger partial charge in [-0.3, -0.25) is 0 Å². The highest BCUT2D eigenvalue weighted by Crippen LogP contribution is 2.19. The molecule has 0 aliphatic heterocycles. The maximum atomic E-state index is 10.9. The first kappa shape index (κ1) is 6.75. The van der Waals surface area contributed by atoms with Crippen LogP contribution in [-0.2, 0) is 0 Å². The first-order valence-electron chi connectivity index (χ1n) is 1.59. The van der Waals surface area contributed by atoms with Crippen molar-refractivity contribution in [3.05, 3.63) is 6.61 Å². The van der Waals surface area contributed by atoms with Gasteiger partial charge in [-0.15, -0.1) is 0 Å². The van der Waals surface area contributed by atoms with E-state index in [4.69, 9.17) is 5.11 Å². The van der Waals surface area contributed by atoms with Crippen LogP contribution < -0.4 is 0 Å². The van der Waals surface area contributed by atoms with Crippen molar-refractivity contribution in [2.75, 3.05) is 0 Å². The average Bonchev–Trinajstić information content (AvgIpc) is 1.30. The van der Waals surface area contributed by atoms with Crippen molar-refractivity contribution in [2.24, 2.45) is 0 Å². The van der Waals surface area contributed by atoms with Crippen LogP contribution in [0.1, 0.15) is 6.42 Å². The number of aliphatic hydroxyl groups excluding tert-OH is 1. The van der Waals surface area contributed by atoms with Gasteiger partial charge in [-0.25, -0.2) is 0 Å². The second kappa shape index (κ2) is 2.16. The molecule has 1 radical (unpaired) electrons. The summed E-state index contributed by atoms with van der Waals surface area (Å²) in [5, 5.41) is 7.56. The Bertz CT molecular complexity index is 48.6. The Morgan fingerprint density at radius 2 is 1.86 bits per heavy atom. The first-order valence-corrected chi connectivity index (χ1v) is 1.59. The molecule has 0 rings (SSSR count). The molecule has 0 fully saturated rings. The molecule has 0 unspecified atom stereocenters. The first-order chi connectivity index (χ1) is 3.06. The van der Waals surface area contributed by atoms with Gasteiger partial charge in [0.05, 0.1) is 13.0 Å². The molecule has 0 aliphatic carbocycles. The largest absolute Gasteiger partial charge is 0.391 e. The maximum Gasteiger partial charge on any atom is 0.391 e. The van der Waals surface area contributed by atoms with E-state index in [0.29, 0.717) is 0 Å². The van der Waals surface area contributed by atoms with E-state index >= 15 is 0 Å². The van der Waals surface area contributed by atoms with Crippen LogP contribution in [0.5, 0.6) is 0 Å². The van der Waals surface area contributed by atoms with Gasteiger partial charge >= 0.3 is 6.18 Å². The van der Waals surface area contributed by atoms with Crippen LogP contribution in [0, 0.1) is 6.61 Å². The molecular weight excluding hydrogens is 109 g/mol. The van der Waals surface area contributed by atoms with Crippen molar-refractivity contribution in [3.8, 4) is 0 Å². The van der Waals surface area contributed by atoms with Gasteiger partial charge in [-0.05, 0) is 0 Å². The summed E-state index contributed by atoms with van der Waals surface area (Å²) in [6.45, 7) is 0.0833. The van der Waals surface area contributed by atoms with E-state index in [1.807, 2.05) is 0 Å². The third-order valence-corrected chi connectivity index (χ3v) is 0.323. The molecule has 1 N–H and O–H groups in total. The highest BCUT2D eigenvalue weighted by molar-refractivity contribution is 4.54. The number of rotatable bonds is 1. The van der Waals surface area contributed by atoms with Crippen LogP contribution in [0.3, 0.4) is 0 Å².